The average molecular weight is 260 g/mol. The van der Waals surface area contributed by atoms with Crippen LogP contribution in [-0.2, 0) is 4.74 Å². The van der Waals surface area contributed by atoms with Crippen LogP contribution < -0.4 is 5.32 Å². The Morgan fingerprint density at radius 2 is 2.05 bits per heavy atom. The monoisotopic (exact) mass is 260 g/mol. The minimum Gasteiger partial charge on any atom is -0.444 e. The molecule has 2 aromatic rings. The van der Waals surface area contributed by atoms with Gasteiger partial charge in [-0.05, 0) is 32.9 Å². The first-order chi connectivity index (χ1) is 8.96. The molecule has 0 saturated heterocycles. The molecule has 1 heterocycles. The van der Waals surface area contributed by atoms with Gasteiger partial charge in [0.2, 0.25) is 0 Å². The number of para-hydroxylation sites is 2. The van der Waals surface area contributed by atoms with Gasteiger partial charge in [0.25, 0.3) is 0 Å². The number of rotatable bonds is 2. The second-order valence-corrected chi connectivity index (χ2v) is 4.99. The first-order valence-corrected chi connectivity index (χ1v) is 5.91. The molecule has 2 rings (SSSR count). The summed E-state index contributed by atoms with van der Waals surface area (Å²) >= 11 is 0. The van der Waals surface area contributed by atoms with Crippen molar-refractivity contribution >= 4 is 11.8 Å². The Hall–Kier alpha value is -2.37. The molecular weight excluding hydrogens is 244 g/mol. The van der Waals surface area contributed by atoms with Gasteiger partial charge in [-0.2, -0.15) is 0 Å². The summed E-state index contributed by atoms with van der Waals surface area (Å²) in [5.74, 6) is 0. The van der Waals surface area contributed by atoms with E-state index in [0.29, 0.717) is 5.69 Å². The Bertz CT molecular complexity index is 558. The van der Waals surface area contributed by atoms with Gasteiger partial charge in [-0.3, -0.25) is 5.32 Å². The summed E-state index contributed by atoms with van der Waals surface area (Å²) in [6.45, 7) is 5.45. The Morgan fingerprint density at radius 1 is 1.32 bits per heavy atom. The minimum atomic E-state index is -0.535. The first-order valence-electron chi connectivity index (χ1n) is 5.91. The van der Waals surface area contributed by atoms with Crippen molar-refractivity contribution in [3.05, 3.63) is 36.7 Å². The van der Waals surface area contributed by atoms with E-state index < -0.39 is 11.7 Å². The molecule has 0 unspecified atom stereocenters. The van der Waals surface area contributed by atoms with Crippen molar-refractivity contribution in [2.24, 2.45) is 0 Å². The molecular formula is C13H16N4O2. The van der Waals surface area contributed by atoms with Crippen molar-refractivity contribution in [2.45, 2.75) is 26.4 Å². The van der Waals surface area contributed by atoms with Gasteiger partial charge in [-0.25, -0.2) is 9.48 Å². The van der Waals surface area contributed by atoms with Crippen molar-refractivity contribution in [3.63, 3.8) is 0 Å². The number of aromatic nitrogens is 3. The topological polar surface area (TPSA) is 69.0 Å². The van der Waals surface area contributed by atoms with E-state index in [0.717, 1.165) is 5.69 Å². The highest BCUT2D eigenvalue weighted by atomic mass is 16.6. The van der Waals surface area contributed by atoms with Crippen LogP contribution in [0.4, 0.5) is 10.5 Å². The maximum atomic E-state index is 11.8. The Labute approximate surface area is 111 Å². The molecule has 0 spiro atoms. The van der Waals surface area contributed by atoms with Gasteiger partial charge in [-0.15, -0.1) is 5.10 Å². The molecule has 100 valence electrons. The summed E-state index contributed by atoms with van der Waals surface area (Å²) in [6, 6.07) is 7.30. The van der Waals surface area contributed by atoms with Crippen LogP contribution in [0, 0.1) is 0 Å². The lowest BCUT2D eigenvalue weighted by molar-refractivity contribution is 0.0636. The number of ether oxygens (including phenoxy) is 1. The molecule has 1 aromatic heterocycles. The fourth-order valence-electron chi connectivity index (χ4n) is 1.53. The smallest absolute Gasteiger partial charge is 0.412 e. The number of carbonyl (C=O) groups excluding carboxylic acids is 1. The molecule has 0 aliphatic rings. The molecule has 1 N–H and O–H groups in total. The molecule has 0 fully saturated rings. The summed E-state index contributed by atoms with van der Waals surface area (Å²) in [7, 11) is 0. The SMILES string of the molecule is CC(C)(C)OC(=O)Nc1ccccc1-n1ccnn1. The highest BCUT2D eigenvalue weighted by Crippen LogP contribution is 2.19. The van der Waals surface area contributed by atoms with Crippen molar-refractivity contribution in [3.8, 4) is 5.69 Å². The Morgan fingerprint density at radius 3 is 2.68 bits per heavy atom. The van der Waals surface area contributed by atoms with Gasteiger partial charge < -0.3 is 4.74 Å². The summed E-state index contributed by atoms with van der Waals surface area (Å²) in [6.07, 6.45) is 2.78. The molecule has 0 aliphatic carbocycles. The van der Waals surface area contributed by atoms with Crippen LogP contribution in [0.15, 0.2) is 36.7 Å². The van der Waals surface area contributed by atoms with E-state index in [-0.39, 0.29) is 0 Å². The zero-order valence-electron chi connectivity index (χ0n) is 11.1. The molecule has 6 nitrogen and oxygen atoms in total. The molecule has 1 amide bonds. The summed E-state index contributed by atoms with van der Waals surface area (Å²) in [5, 5.41) is 10.4. The number of hydrogen-bond acceptors (Lipinski definition) is 4. The first kappa shape index (κ1) is 13.1. The van der Waals surface area contributed by atoms with Crippen molar-refractivity contribution in [1.82, 2.24) is 15.0 Å². The minimum absolute atomic E-state index is 0.500. The quantitative estimate of drug-likeness (QED) is 0.901. The third-order valence-electron chi connectivity index (χ3n) is 2.21. The van der Waals surface area contributed by atoms with Crippen LogP contribution in [0.3, 0.4) is 0 Å². The fourth-order valence-corrected chi connectivity index (χ4v) is 1.53. The van der Waals surface area contributed by atoms with E-state index in [9.17, 15) is 4.79 Å². The Kier molecular flexibility index (Phi) is 3.50. The molecule has 1 aromatic carbocycles. The predicted molar refractivity (Wildman–Crippen MR) is 71.2 cm³/mol. The van der Waals surface area contributed by atoms with E-state index in [1.807, 2.05) is 39.0 Å². The predicted octanol–water partition coefficient (Wildman–Crippen LogP) is 2.61. The van der Waals surface area contributed by atoms with E-state index in [2.05, 4.69) is 15.6 Å². The molecule has 0 atom stereocenters. The van der Waals surface area contributed by atoms with Crippen LogP contribution >= 0.6 is 0 Å². The Balaban J connectivity index is 2.20. The number of carbonyl (C=O) groups is 1. The number of nitrogens with one attached hydrogen (secondary N) is 1. The van der Waals surface area contributed by atoms with E-state index >= 15 is 0 Å². The van der Waals surface area contributed by atoms with Gasteiger partial charge in [0.05, 0.1) is 23.8 Å². The summed E-state index contributed by atoms with van der Waals surface area (Å²) in [4.78, 5) is 11.8. The maximum absolute atomic E-state index is 11.8. The largest absolute Gasteiger partial charge is 0.444 e. The van der Waals surface area contributed by atoms with Crippen LogP contribution in [0.1, 0.15) is 20.8 Å². The van der Waals surface area contributed by atoms with Crippen LogP contribution in [0.25, 0.3) is 5.69 Å². The lowest BCUT2D eigenvalue weighted by atomic mass is 10.2. The maximum Gasteiger partial charge on any atom is 0.412 e. The molecule has 0 aliphatic heterocycles. The fraction of sp³-hybridized carbons (Fsp3) is 0.308. The van der Waals surface area contributed by atoms with Gasteiger partial charge in [0, 0.05) is 0 Å². The van der Waals surface area contributed by atoms with Gasteiger partial charge in [0.15, 0.2) is 0 Å². The second kappa shape index (κ2) is 5.09. The van der Waals surface area contributed by atoms with Crippen molar-refractivity contribution in [2.75, 3.05) is 5.32 Å². The van der Waals surface area contributed by atoms with E-state index in [4.69, 9.17) is 4.74 Å². The zero-order valence-corrected chi connectivity index (χ0v) is 11.1. The molecule has 6 heteroatoms. The zero-order chi connectivity index (χ0) is 13.9. The standard InChI is InChI=1S/C13H16N4O2/c1-13(2,3)19-12(18)15-10-6-4-5-7-11(10)17-9-8-14-16-17/h4-9H,1-3H3,(H,15,18). The number of nitrogens with zero attached hydrogens (tertiary/aromatic N) is 3. The number of anilines is 1. The molecule has 19 heavy (non-hydrogen) atoms. The number of benzene rings is 1. The molecule has 0 bridgehead atoms. The lowest BCUT2D eigenvalue weighted by Crippen LogP contribution is -2.27. The lowest BCUT2D eigenvalue weighted by Gasteiger charge is -2.20. The van der Waals surface area contributed by atoms with E-state index in [1.165, 1.54) is 0 Å². The van der Waals surface area contributed by atoms with Crippen LogP contribution in [-0.4, -0.2) is 26.7 Å². The molecule has 0 saturated carbocycles. The van der Waals surface area contributed by atoms with Crippen LogP contribution in [0.5, 0.6) is 0 Å². The van der Waals surface area contributed by atoms with E-state index in [1.54, 1.807) is 23.1 Å². The van der Waals surface area contributed by atoms with Crippen LogP contribution in [0.2, 0.25) is 0 Å². The third kappa shape index (κ3) is 3.54. The van der Waals surface area contributed by atoms with Gasteiger partial charge in [-0.1, -0.05) is 17.3 Å². The highest BCUT2D eigenvalue weighted by molar-refractivity contribution is 5.87. The molecule has 0 radical (unpaired) electrons. The van der Waals surface area contributed by atoms with Crippen molar-refractivity contribution < 1.29 is 9.53 Å². The highest BCUT2D eigenvalue weighted by Gasteiger charge is 2.17. The number of amides is 1. The third-order valence-corrected chi connectivity index (χ3v) is 2.21. The average Bonchev–Trinajstić information content (AvgIpc) is 2.80. The normalized spacial score (nSPS) is 11.1. The van der Waals surface area contributed by atoms with Gasteiger partial charge >= 0.3 is 6.09 Å². The second-order valence-electron chi connectivity index (χ2n) is 4.99. The summed E-state index contributed by atoms with van der Waals surface area (Å²) in [5.41, 5.74) is 0.805. The summed E-state index contributed by atoms with van der Waals surface area (Å²) < 4.78 is 6.79. The van der Waals surface area contributed by atoms with Gasteiger partial charge in [0.1, 0.15) is 5.60 Å². The number of hydrogen-bond donors (Lipinski definition) is 1. The van der Waals surface area contributed by atoms with Crippen molar-refractivity contribution in [1.29, 1.82) is 0 Å².